The summed E-state index contributed by atoms with van der Waals surface area (Å²) in [6.45, 7) is 0. The molecule has 106 valence electrons. The molecule has 0 aromatic carbocycles. The molecule has 0 atom stereocenters. The molecular formula is C11H17ClN4O2S. The fraction of sp³-hybridized carbons (Fsp3) is 0.636. The molecule has 1 aliphatic rings. The molecule has 1 aliphatic carbocycles. The van der Waals surface area contributed by atoms with Gasteiger partial charge < -0.3 is 0 Å². The number of nitrogens with one attached hydrogen (secondary N) is 1. The molecule has 1 aromatic heterocycles. The summed E-state index contributed by atoms with van der Waals surface area (Å²) in [5.74, 6) is 0.173. The first-order chi connectivity index (χ1) is 8.99. The van der Waals surface area contributed by atoms with Crippen molar-refractivity contribution >= 4 is 27.6 Å². The first-order valence-corrected chi connectivity index (χ1v) is 8.04. The first kappa shape index (κ1) is 14.5. The average Bonchev–Trinajstić information content (AvgIpc) is 2.41. The van der Waals surface area contributed by atoms with Crippen molar-refractivity contribution in [2.45, 2.75) is 38.1 Å². The van der Waals surface area contributed by atoms with Crippen LogP contribution in [0.5, 0.6) is 0 Å². The molecule has 1 heterocycles. The molecule has 0 amide bonds. The zero-order valence-corrected chi connectivity index (χ0v) is 12.3. The molecule has 0 bridgehead atoms. The molecule has 0 aliphatic heterocycles. The molecule has 0 saturated heterocycles. The highest BCUT2D eigenvalue weighted by Gasteiger charge is 2.27. The van der Waals surface area contributed by atoms with Gasteiger partial charge in [0, 0.05) is 13.1 Å². The summed E-state index contributed by atoms with van der Waals surface area (Å²) < 4.78 is 28.2. The summed E-state index contributed by atoms with van der Waals surface area (Å²) >= 11 is 5.61. The standard InChI is InChI=1S/C11H17ClN4O2S/c1-16(9-5-3-2-4-6-9)19(17,18)15-11-8-13-10(12)7-14-11/h7-9H,2-6H2,1H3,(H,14,15). The minimum absolute atomic E-state index is 0.0616. The minimum Gasteiger partial charge on any atom is -0.253 e. The number of anilines is 1. The van der Waals surface area contributed by atoms with E-state index in [1.54, 1.807) is 7.05 Å². The van der Waals surface area contributed by atoms with Gasteiger partial charge in [0.15, 0.2) is 5.82 Å². The third kappa shape index (κ3) is 3.77. The Kier molecular flexibility index (Phi) is 4.59. The summed E-state index contributed by atoms with van der Waals surface area (Å²) in [6, 6.07) is 0.0616. The quantitative estimate of drug-likeness (QED) is 0.924. The van der Waals surface area contributed by atoms with E-state index >= 15 is 0 Å². The number of nitrogens with zero attached hydrogens (tertiary/aromatic N) is 3. The van der Waals surface area contributed by atoms with Gasteiger partial charge in [0.2, 0.25) is 0 Å². The van der Waals surface area contributed by atoms with E-state index in [-0.39, 0.29) is 17.0 Å². The molecule has 1 N–H and O–H groups in total. The largest absolute Gasteiger partial charge is 0.302 e. The van der Waals surface area contributed by atoms with E-state index in [0.29, 0.717) is 0 Å². The Morgan fingerprint density at radius 1 is 1.26 bits per heavy atom. The molecule has 1 saturated carbocycles. The second-order valence-electron chi connectivity index (χ2n) is 4.64. The molecule has 19 heavy (non-hydrogen) atoms. The second kappa shape index (κ2) is 6.02. The van der Waals surface area contributed by atoms with Gasteiger partial charge in [0.25, 0.3) is 0 Å². The van der Waals surface area contributed by atoms with Crippen LogP contribution in [0, 0.1) is 0 Å². The van der Waals surface area contributed by atoms with Crippen molar-refractivity contribution in [2.75, 3.05) is 11.8 Å². The van der Waals surface area contributed by atoms with Gasteiger partial charge in [0.1, 0.15) is 5.15 Å². The molecule has 6 nitrogen and oxygen atoms in total. The summed E-state index contributed by atoms with van der Waals surface area (Å²) in [4.78, 5) is 7.67. The van der Waals surface area contributed by atoms with E-state index in [1.165, 1.54) is 23.1 Å². The number of rotatable bonds is 4. The lowest BCUT2D eigenvalue weighted by Crippen LogP contribution is -2.41. The molecular weight excluding hydrogens is 288 g/mol. The van der Waals surface area contributed by atoms with Gasteiger partial charge in [-0.15, -0.1) is 0 Å². The normalized spacial score (nSPS) is 17.6. The SMILES string of the molecule is CN(C1CCCCC1)S(=O)(=O)Nc1cnc(Cl)cn1. The zero-order chi connectivity index (χ0) is 13.9. The van der Waals surface area contributed by atoms with E-state index in [0.717, 1.165) is 25.7 Å². The highest BCUT2D eigenvalue weighted by Crippen LogP contribution is 2.23. The van der Waals surface area contributed by atoms with Crippen molar-refractivity contribution in [3.05, 3.63) is 17.5 Å². The van der Waals surface area contributed by atoms with Gasteiger partial charge in [-0.1, -0.05) is 30.9 Å². The van der Waals surface area contributed by atoms with Crippen molar-refractivity contribution in [3.63, 3.8) is 0 Å². The number of aromatic nitrogens is 2. The van der Waals surface area contributed by atoms with Crippen LogP contribution in [0.25, 0.3) is 0 Å². The third-order valence-corrected chi connectivity index (χ3v) is 5.04. The van der Waals surface area contributed by atoms with Gasteiger partial charge in [-0.05, 0) is 12.8 Å². The smallest absolute Gasteiger partial charge is 0.253 e. The monoisotopic (exact) mass is 304 g/mol. The Bertz CT molecular complexity index is 514. The zero-order valence-electron chi connectivity index (χ0n) is 10.7. The average molecular weight is 305 g/mol. The Labute approximate surface area is 118 Å². The second-order valence-corrected chi connectivity index (χ2v) is 6.76. The maximum Gasteiger partial charge on any atom is 0.302 e. The lowest BCUT2D eigenvalue weighted by Gasteiger charge is -2.30. The molecule has 8 heteroatoms. The van der Waals surface area contributed by atoms with Crippen LogP contribution in [0.2, 0.25) is 5.15 Å². The van der Waals surface area contributed by atoms with Crippen molar-refractivity contribution < 1.29 is 8.42 Å². The topological polar surface area (TPSA) is 75.2 Å². The molecule has 1 aromatic rings. The van der Waals surface area contributed by atoms with E-state index < -0.39 is 10.2 Å². The van der Waals surface area contributed by atoms with Crippen LogP contribution in [-0.2, 0) is 10.2 Å². The molecule has 0 unspecified atom stereocenters. The summed E-state index contributed by atoms with van der Waals surface area (Å²) in [6.07, 6.45) is 7.75. The first-order valence-electron chi connectivity index (χ1n) is 6.22. The Balaban J connectivity index is 2.06. The van der Waals surface area contributed by atoms with E-state index in [1.807, 2.05) is 0 Å². The lowest BCUT2D eigenvalue weighted by atomic mass is 9.96. The maximum absolute atomic E-state index is 12.2. The maximum atomic E-state index is 12.2. The van der Waals surface area contributed by atoms with Crippen molar-refractivity contribution in [2.24, 2.45) is 0 Å². The van der Waals surface area contributed by atoms with Crippen molar-refractivity contribution in [3.8, 4) is 0 Å². The highest BCUT2D eigenvalue weighted by atomic mass is 35.5. The third-order valence-electron chi connectivity index (χ3n) is 3.32. The van der Waals surface area contributed by atoms with Crippen LogP contribution < -0.4 is 4.72 Å². The molecule has 1 fully saturated rings. The summed E-state index contributed by atoms with van der Waals surface area (Å²) in [5, 5.41) is 0.226. The Morgan fingerprint density at radius 2 is 1.95 bits per heavy atom. The molecule has 0 spiro atoms. The summed E-state index contributed by atoms with van der Waals surface area (Å²) in [7, 11) is -1.99. The van der Waals surface area contributed by atoms with E-state index in [2.05, 4.69) is 14.7 Å². The van der Waals surface area contributed by atoms with Gasteiger partial charge in [-0.2, -0.15) is 12.7 Å². The van der Waals surface area contributed by atoms with Gasteiger partial charge in [-0.3, -0.25) is 4.72 Å². The Hall–Kier alpha value is -0.920. The van der Waals surface area contributed by atoms with Crippen molar-refractivity contribution in [1.82, 2.24) is 14.3 Å². The summed E-state index contributed by atoms with van der Waals surface area (Å²) in [5.41, 5.74) is 0. The predicted molar refractivity (Wildman–Crippen MR) is 74.2 cm³/mol. The van der Waals surface area contributed by atoms with E-state index in [9.17, 15) is 8.42 Å². The highest BCUT2D eigenvalue weighted by molar-refractivity contribution is 7.90. The predicted octanol–water partition coefficient (Wildman–Crippen LogP) is 2.05. The van der Waals surface area contributed by atoms with Crippen LogP contribution in [0.1, 0.15) is 32.1 Å². The van der Waals surface area contributed by atoms with Gasteiger partial charge in [0.05, 0.1) is 12.4 Å². The van der Waals surface area contributed by atoms with Crippen LogP contribution in [0.4, 0.5) is 5.82 Å². The van der Waals surface area contributed by atoms with Crippen molar-refractivity contribution in [1.29, 1.82) is 0 Å². The molecule has 2 rings (SSSR count). The Morgan fingerprint density at radius 3 is 2.53 bits per heavy atom. The van der Waals surface area contributed by atoms with Crippen LogP contribution in [-0.4, -0.2) is 35.8 Å². The number of halogens is 1. The van der Waals surface area contributed by atoms with Gasteiger partial charge >= 0.3 is 10.2 Å². The van der Waals surface area contributed by atoms with Gasteiger partial charge in [-0.25, -0.2) is 9.97 Å². The molecule has 0 radical (unpaired) electrons. The van der Waals surface area contributed by atoms with Crippen LogP contribution in [0.15, 0.2) is 12.4 Å². The number of hydrogen-bond donors (Lipinski definition) is 1. The van der Waals surface area contributed by atoms with Crippen LogP contribution in [0.3, 0.4) is 0 Å². The fourth-order valence-corrected chi connectivity index (χ4v) is 3.42. The number of hydrogen-bond acceptors (Lipinski definition) is 4. The fourth-order valence-electron chi connectivity index (χ4n) is 2.21. The van der Waals surface area contributed by atoms with Crippen LogP contribution >= 0.6 is 11.6 Å². The minimum atomic E-state index is -3.59. The lowest BCUT2D eigenvalue weighted by molar-refractivity contribution is 0.287. The van der Waals surface area contributed by atoms with E-state index in [4.69, 9.17) is 11.6 Å².